The first-order valence-corrected chi connectivity index (χ1v) is 6.14. The molecule has 2 atom stereocenters. The summed E-state index contributed by atoms with van der Waals surface area (Å²) in [6.07, 6.45) is 3.82. The summed E-state index contributed by atoms with van der Waals surface area (Å²) in [4.78, 5) is 28.4. The van der Waals surface area contributed by atoms with Crippen LogP contribution in [0.15, 0.2) is 24.5 Å². The van der Waals surface area contributed by atoms with Gasteiger partial charge < -0.3 is 10.4 Å². The molecule has 0 aliphatic carbocycles. The molecule has 0 aliphatic rings. The third-order valence-electron chi connectivity index (χ3n) is 3.10. The Hall–Kier alpha value is -2.11. The molecule has 0 radical (unpaired) electrons. The van der Waals surface area contributed by atoms with Crippen molar-refractivity contribution >= 4 is 17.7 Å². The van der Waals surface area contributed by atoms with E-state index >= 15 is 0 Å². The van der Waals surface area contributed by atoms with Crippen molar-refractivity contribution in [2.75, 3.05) is 11.9 Å². The van der Waals surface area contributed by atoms with Gasteiger partial charge in [0.2, 0.25) is 0 Å². The van der Waals surface area contributed by atoms with E-state index in [2.05, 4.69) is 10.3 Å². The number of urea groups is 1. The molecule has 1 heterocycles. The van der Waals surface area contributed by atoms with Gasteiger partial charge in [-0.1, -0.05) is 20.3 Å². The van der Waals surface area contributed by atoms with E-state index in [9.17, 15) is 9.59 Å². The molecule has 6 heteroatoms. The fourth-order valence-corrected chi connectivity index (χ4v) is 1.58. The van der Waals surface area contributed by atoms with Crippen molar-refractivity contribution in [3.8, 4) is 0 Å². The number of carbonyl (C=O) groups excluding carboxylic acids is 1. The van der Waals surface area contributed by atoms with E-state index < -0.39 is 18.0 Å². The Morgan fingerprint density at radius 1 is 1.53 bits per heavy atom. The van der Waals surface area contributed by atoms with Crippen molar-refractivity contribution in [1.29, 1.82) is 0 Å². The molecule has 2 N–H and O–H groups in total. The molecule has 1 aromatic heterocycles. The molecular weight excluding hydrogens is 246 g/mol. The summed E-state index contributed by atoms with van der Waals surface area (Å²) in [5.41, 5.74) is 0.605. The Morgan fingerprint density at radius 3 is 2.68 bits per heavy atom. The molecule has 0 saturated heterocycles. The number of hydrogen-bond donors (Lipinski definition) is 2. The number of amides is 2. The third-order valence-corrected chi connectivity index (χ3v) is 3.10. The van der Waals surface area contributed by atoms with Crippen LogP contribution in [0.3, 0.4) is 0 Å². The van der Waals surface area contributed by atoms with Crippen LogP contribution < -0.4 is 10.2 Å². The highest BCUT2D eigenvalue weighted by Crippen LogP contribution is 2.12. The third kappa shape index (κ3) is 3.94. The maximum absolute atomic E-state index is 12.0. The molecule has 0 aromatic carbocycles. The predicted octanol–water partition coefficient (Wildman–Crippen LogP) is 1.73. The molecule has 0 spiro atoms. The Kier molecular flexibility index (Phi) is 5.29. The van der Waals surface area contributed by atoms with E-state index in [4.69, 9.17) is 5.11 Å². The molecule has 0 saturated carbocycles. The lowest BCUT2D eigenvalue weighted by molar-refractivity contribution is -0.140. The zero-order valence-electron chi connectivity index (χ0n) is 11.3. The van der Waals surface area contributed by atoms with E-state index in [0.717, 1.165) is 0 Å². The van der Waals surface area contributed by atoms with Crippen molar-refractivity contribution in [1.82, 2.24) is 10.3 Å². The highest BCUT2D eigenvalue weighted by molar-refractivity contribution is 5.93. The lowest BCUT2D eigenvalue weighted by Gasteiger charge is -2.24. The van der Waals surface area contributed by atoms with Gasteiger partial charge in [0.15, 0.2) is 0 Å². The summed E-state index contributed by atoms with van der Waals surface area (Å²) in [6, 6.07) is 2.09. The van der Waals surface area contributed by atoms with Gasteiger partial charge in [-0.15, -0.1) is 0 Å². The Balaban J connectivity index is 2.75. The van der Waals surface area contributed by atoms with Gasteiger partial charge >= 0.3 is 12.0 Å². The van der Waals surface area contributed by atoms with Crippen LogP contribution in [0.2, 0.25) is 0 Å². The second-order valence-corrected chi connectivity index (χ2v) is 4.42. The lowest BCUT2D eigenvalue weighted by atomic mass is 9.99. The van der Waals surface area contributed by atoms with Crippen LogP contribution in [0, 0.1) is 5.92 Å². The smallest absolute Gasteiger partial charge is 0.326 e. The molecule has 1 aromatic rings. The van der Waals surface area contributed by atoms with E-state index in [1.54, 1.807) is 38.5 Å². The summed E-state index contributed by atoms with van der Waals surface area (Å²) in [6.45, 7) is 3.68. The second kappa shape index (κ2) is 6.72. The minimum Gasteiger partial charge on any atom is -0.480 e. The predicted molar refractivity (Wildman–Crippen MR) is 72.1 cm³/mol. The molecule has 104 valence electrons. The number of nitrogens with zero attached hydrogens (tertiary/aromatic N) is 2. The number of rotatable bonds is 5. The van der Waals surface area contributed by atoms with Gasteiger partial charge in [0.05, 0.1) is 11.9 Å². The van der Waals surface area contributed by atoms with Gasteiger partial charge in [0.1, 0.15) is 6.04 Å². The van der Waals surface area contributed by atoms with Crippen LogP contribution in [0.25, 0.3) is 0 Å². The summed E-state index contributed by atoms with van der Waals surface area (Å²) in [5, 5.41) is 11.7. The van der Waals surface area contributed by atoms with Crippen molar-refractivity contribution < 1.29 is 14.7 Å². The lowest BCUT2D eigenvalue weighted by Crippen LogP contribution is -2.49. The fourth-order valence-electron chi connectivity index (χ4n) is 1.58. The molecule has 2 amide bonds. The summed E-state index contributed by atoms with van der Waals surface area (Å²) in [5.74, 6) is -1.16. The first kappa shape index (κ1) is 14.9. The number of carbonyl (C=O) groups is 2. The van der Waals surface area contributed by atoms with Gasteiger partial charge in [0, 0.05) is 13.2 Å². The van der Waals surface area contributed by atoms with Crippen molar-refractivity contribution in [3.05, 3.63) is 24.5 Å². The first-order chi connectivity index (χ1) is 8.97. The van der Waals surface area contributed by atoms with Crippen molar-refractivity contribution in [3.63, 3.8) is 0 Å². The maximum atomic E-state index is 12.0. The largest absolute Gasteiger partial charge is 0.480 e. The number of aromatic nitrogens is 1. The first-order valence-electron chi connectivity index (χ1n) is 6.14. The van der Waals surface area contributed by atoms with E-state index in [-0.39, 0.29) is 5.92 Å². The average Bonchev–Trinajstić information content (AvgIpc) is 2.43. The number of aliphatic carboxylic acids is 1. The molecule has 0 bridgehead atoms. The Labute approximate surface area is 112 Å². The second-order valence-electron chi connectivity index (χ2n) is 4.42. The van der Waals surface area contributed by atoms with E-state index in [1.807, 2.05) is 6.92 Å². The monoisotopic (exact) mass is 265 g/mol. The maximum Gasteiger partial charge on any atom is 0.326 e. The average molecular weight is 265 g/mol. The molecule has 2 unspecified atom stereocenters. The minimum atomic E-state index is -1.03. The summed E-state index contributed by atoms with van der Waals surface area (Å²) < 4.78 is 0. The standard InChI is InChI=1S/C13H19N3O3/c1-4-9(2)11(12(17)18)15-13(19)16(3)10-6-5-7-14-8-10/h5-9,11H,4H2,1-3H3,(H,15,19)(H,17,18). The highest BCUT2D eigenvalue weighted by atomic mass is 16.4. The molecule has 0 fully saturated rings. The van der Waals surface area contributed by atoms with Gasteiger partial charge in [-0.25, -0.2) is 9.59 Å². The zero-order valence-corrected chi connectivity index (χ0v) is 11.3. The molecule has 1 rings (SSSR count). The summed E-state index contributed by atoms with van der Waals surface area (Å²) >= 11 is 0. The van der Waals surface area contributed by atoms with Gasteiger partial charge in [0.25, 0.3) is 0 Å². The molecule has 6 nitrogen and oxygen atoms in total. The van der Waals surface area contributed by atoms with Gasteiger partial charge in [-0.05, 0) is 18.1 Å². The van der Waals surface area contributed by atoms with E-state index in [1.165, 1.54) is 4.90 Å². The molecule has 19 heavy (non-hydrogen) atoms. The number of nitrogens with one attached hydrogen (secondary N) is 1. The van der Waals surface area contributed by atoms with Crippen LogP contribution in [-0.2, 0) is 4.79 Å². The van der Waals surface area contributed by atoms with E-state index in [0.29, 0.717) is 12.1 Å². The Morgan fingerprint density at radius 2 is 2.21 bits per heavy atom. The number of anilines is 1. The normalized spacial score (nSPS) is 13.4. The van der Waals surface area contributed by atoms with Crippen LogP contribution in [0.4, 0.5) is 10.5 Å². The van der Waals surface area contributed by atoms with Crippen LogP contribution in [0.5, 0.6) is 0 Å². The number of hydrogen-bond acceptors (Lipinski definition) is 3. The van der Waals surface area contributed by atoms with Crippen molar-refractivity contribution in [2.24, 2.45) is 5.92 Å². The Bertz CT molecular complexity index is 436. The minimum absolute atomic E-state index is 0.135. The quantitative estimate of drug-likeness (QED) is 0.849. The SMILES string of the molecule is CCC(C)C(NC(=O)N(C)c1cccnc1)C(=O)O. The van der Waals surface area contributed by atoms with Gasteiger partial charge in [-0.3, -0.25) is 9.88 Å². The van der Waals surface area contributed by atoms with Crippen LogP contribution in [-0.4, -0.2) is 35.2 Å². The van der Waals surface area contributed by atoms with Crippen molar-refractivity contribution in [2.45, 2.75) is 26.3 Å². The van der Waals surface area contributed by atoms with Crippen LogP contribution >= 0.6 is 0 Å². The zero-order chi connectivity index (χ0) is 14.4. The fraction of sp³-hybridized carbons (Fsp3) is 0.462. The van der Waals surface area contributed by atoms with Gasteiger partial charge in [-0.2, -0.15) is 0 Å². The van der Waals surface area contributed by atoms with Crippen LogP contribution in [0.1, 0.15) is 20.3 Å². The summed E-state index contributed by atoms with van der Waals surface area (Å²) in [7, 11) is 1.57. The highest BCUT2D eigenvalue weighted by Gasteiger charge is 2.26. The number of carboxylic acid groups (broad SMARTS) is 1. The number of carboxylic acids is 1. The molecule has 0 aliphatic heterocycles. The number of pyridine rings is 1. The topological polar surface area (TPSA) is 82.5 Å². The molecular formula is C13H19N3O3.